The van der Waals surface area contributed by atoms with Crippen LogP contribution in [-0.2, 0) is 20.8 Å². The number of hydrogen-bond acceptors (Lipinski definition) is 4. The number of rotatable bonds is 6. The fourth-order valence-corrected chi connectivity index (χ4v) is 3.24. The van der Waals surface area contributed by atoms with Gasteiger partial charge in [-0.3, -0.25) is 4.21 Å². The van der Waals surface area contributed by atoms with Gasteiger partial charge < -0.3 is 5.73 Å². The quantitative estimate of drug-likeness (QED) is 0.605. The third kappa shape index (κ3) is 4.56. The molecule has 0 aliphatic rings. The summed E-state index contributed by atoms with van der Waals surface area (Å²) in [6.45, 7) is 0.226. The molecule has 0 amide bonds. The SMILES string of the molecule is CS(=O)CCCNS(=O)(=O)c1ccc(Cl)cc1N. The number of halogens is 1. The molecule has 1 atom stereocenters. The van der Waals surface area contributed by atoms with Gasteiger partial charge in [-0.15, -0.1) is 0 Å². The highest BCUT2D eigenvalue weighted by atomic mass is 35.5. The van der Waals surface area contributed by atoms with Crippen molar-refractivity contribution in [1.29, 1.82) is 0 Å². The van der Waals surface area contributed by atoms with Gasteiger partial charge in [-0.05, 0) is 24.6 Å². The zero-order valence-corrected chi connectivity index (χ0v) is 12.2. The maximum atomic E-state index is 11.9. The highest BCUT2D eigenvalue weighted by molar-refractivity contribution is 7.89. The van der Waals surface area contributed by atoms with Crippen LogP contribution in [0.3, 0.4) is 0 Å². The van der Waals surface area contributed by atoms with Crippen LogP contribution in [0.25, 0.3) is 0 Å². The second-order valence-corrected chi connectivity index (χ2v) is 7.44. The Morgan fingerprint density at radius 1 is 1.44 bits per heavy atom. The van der Waals surface area contributed by atoms with Gasteiger partial charge in [0.1, 0.15) is 4.90 Å². The molecule has 0 aliphatic carbocycles. The van der Waals surface area contributed by atoms with Crippen molar-refractivity contribution in [2.75, 3.05) is 24.3 Å². The summed E-state index contributed by atoms with van der Waals surface area (Å²) in [7, 11) is -4.56. The molecule has 102 valence electrons. The molecule has 0 bridgehead atoms. The Morgan fingerprint density at radius 3 is 2.67 bits per heavy atom. The van der Waals surface area contributed by atoms with Gasteiger partial charge in [0, 0.05) is 34.4 Å². The van der Waals surface area contributed by atoms with Gasteiger partial charge in [-0.25, -0.2) is 13.1 Å². The topological polar surface area (TPSA) is 89.3 Å². The summed E-state index contributed by atoms with van der Waals surface area (Å²) in [5.74, 6) is 0.457. The molecule has 0 saturated carbocycles. The van der Waals surface area contributed by atoms with E-state index < -0.39 is 20.8 Å². The molecule has 0 aromatic heterocycles. The van der Waals surface area contributed by atoms with Crippen molar-refractivity contribution in [2.45, 2.75) is 11.3 Å². The van der Waals surface area contributed by atoms with Gasteiger partial charge in [-0.1, -0.05) is 11.6 Å². The molecule has 1 aromatic rings. The molecule has 0 aliphatic heterocycles. The van der Waals surface area contributed by atoms with E-state index in [-0.39, 0.29) is 17.1 Å². The van der Waals surface area contributed by atoms with E-state index >= 15 is 0 Å². The number of sulfonamides is 1. The van der Waals surface area contributed by atoms with Crippen molar-refractivity contribution >= 4 is 38.1 Å². The number of anilines is 1. The second kappa shape index (κ2) is 6.51. The zero-order valence-electron chi connectivity index (χ0n) is 9.85. The summed E-state index contributed by atoms with van der Waals surface area (Å²) in [6.07, 6.45) is 2.08. The maximum absolute atomic E-state index is 11.9. The van der Waals surface area contributed by atoms with Gasteiger partial charge in [0.05, 0.1) is 5.69 Å². The van der Waals surface area contributed by atoms with E-state index in [9.17, 15) is 12.6 Å². The highest BCUT2D eigenvalue weighted by Gasteiger charge is 2.16. The number of benzene rings is 1. The predicted octanol–water partition coefficient (Wildman–Crippen LogP) is 0.969. The summed E-state index contributed by atoms with van der Waals surface area (Å²) < 4.78 is 37.0. The van der Waals surface area contributed by atoms with Gasteiger partial charge in [-0.2, -0.15) is 0 Å². The van der Waals surface area contributed by atoms with E-state index in [1.165, 1.54) is 18.2 Å². The highest BCUT2D eigenvalue weighted by Crippen LogP contribution is 2.22. The number of nitrogens with one attached hydrogen (secondary N) is 1. The third-order valence-electron chi connectivity index (χ3n) is 2.16. The molecule has 3 N–H and O–H groups in total. The minimum Gasteiger partial charge on any atom is -0.398 e. The largest absolute Gasteiger partial charge is 0.398 e. The second-order valence-electron chi connectivity index (χ2n) is 3.71. The Hall–Kier alpha value is -0.630. The molecule has 0 heterocycles. The predicted molar refractivity (Wildman–Crippen MR) is 74.6 cm³/mol. The molecule has 0 spiro atoms. The molecule has 0 radical (unpaired) electrons. The smallest absolute Gasteiger partial charge is 0.242 e. The zero-order chi connectivity index (χ0) is 13.8. The minimum atomic E-state index is -3.64. The fraction of sp³-hybridized carbons (Fsp3) is 0.400. The lowest BCUT2D eigenvalue weighted by atomic mass is 10.3. The first kappa shape index (κ1) is 15.4. The van der Waals surface area contributed by atoms with Gasteiger partial charge in [0.2, 0.25) is 10.0 Å². The standard InChI is InChI=1S/C10H15ClN2O3S2/c1-17(14)6-2-5-13-18(15,16)10-4-3-8(11)7-9(10)12/h3-4,7,13H,2,5-6,12H2,1H3. The minimum absolute atomic E-state index is 0.00419. The number of hydrogen-bond donors (Lipinski definition) is 2. The molecule has 18 heavy (non-hydrogen) atoms. The first-order chi connectivity index (χ1) is 8.33. The Balaban J connectivity index is 2.71. The van der Waals surface area contributed by atoms with Crippen molar-refractivity contribution in [2.24, 2.45) is 0 Å². The normalized spacial score (nSPS) is 13.4. The van der Waals surface area contributed by atoms with Gasteiger partial charge in [0.25, 0.3) is 0 Å². The summed E-state index contributed by atoms with van der Waals surface area (Å²) in [6, 6.07) is 4.21. The summed E-state index contributed by atoms with van der Waals surface area (Å²) in [5, 5.41) is 0.382. The van der Waals surface area contributed by atoms with Crippen LogP contribution in [0.15, 0.2) is 23.1 Å². The third-order valence-corrected chi connectivity index (χ3v) is 4.80. The maximum Gasteiger partial charge on any atom is 0.242 e. The lowest BCUT2D eigenvalue weighted by Gasteiger charge is -2.08. The first-order valence-electron chi connectivity index (χ1n) is 5.17. The lowest BCUT2D eigenvalue weighted by Crippen LogP contribution is -2.26. The van der Waals surface area contributed by atoms with Crippen LogP contribution in [0.5, 0.6) is 0 Å². The van der Waals surface area contributed by atoms with E-state index in [1.54, 1.807) is 6.26 Å². The molecule has 0 fully saturated rings. The van der Waals surface area contributed by atoms with E-state index in [2.05, 4.69) is 4.72 Å². The van der Waals surface area contributed by atoms with Crippen LogP contribution in [0.1, 0.15) is 6.42 Å². The average Bonchev–Trinajstić information content (AvgIpc) is 2.23. The van der Waals surface area contributed by atoms with Gasteiger partial charge in [0.15, 0.2) is 0 Å². The van der Waals surface area contributed by atoms with Crippen LogP contribution >= 0.6 is 11.6 Å². The van der Waals surface area contributed by atoms with Crippen LogP contribution in [0.2, 0.25) is 5.02 Å². The summed E-state index contributed by atoms with van der Waals surface area (Å²) in [5.41, 5.74) is 5.71. The van der Waals surface area contributed by atoms with Crippen molar-refractivity contribution in [3.63, 3.8) is 0 Å². The van der Waals surface area contributed by atoms with Crippen LogP contribution in [0.4, 0.5) is 5.69 Å². The van der Waals surface area contributed by atoms with Crippen molar-refractivity contribution in [3.05, 3.63) is 23.2 Å². The number of nitrogens with two attached hydrogens (primary N) is 1. The molecule has 8 heteroatoms. The Labute approximate surface area is 114 Å². The Morgan fingerprint density at radius 2 is 2.11 bits per heavy atom. The van der Waals surface area contributed by atoms with Crippen molar-refractivity contribution in [1.82, 2.24) is 4.72 Å². The molecule has 5 nitrogen and oxygen atoms in total. The molecule has 1 unspecified atom stereocenters. The van der Waals surface area contributed by atoms with Crippen LogP contribution < -0.4 is 10.5 Å². The fourth-order valence-electron chi connectivity index (χ4n) is 1.32. The van der Waals surface area contributed by atoms with Crippen LogP contribution in [0, 0.1) is 0 Å². The van der Waals surface area contributed by atoms with Crippen molar-refractivity contribution < 1.29 is 12.6 Å². The van der Waals surface area contributed by atoms with E-state index in [4.69, 9.17) is 17.3 Å². The first-order valence-corrected chi connectivity index (χ1v) is 8.76. The summed E-state index contributed by atoms with van der Waals surface area (Å²) in [4.78, 5) is 0.00419. The van der Waals surface area contributed by atoms with E-state index in [1.807, 2.05) is 0 Å². The van der Waals surface area contributed by atoms with Gasteiger partial charge >= 0.3 is 0 Å². The van der Waals surface area contributed by atoms with E-state index in [0.717, 1.165) is 0 Å². The molecular weight excluding hydrogens is 296 g/mol. The Bertz CT molecular complexity index is 546. The number of nitrogen functional groups attached to an aromatic ring is 1. The van der Waals surface area contributed by atoms with E-state index in [0.29, 0.717) is 17.2 Å². The molecular formula is C10H15ClN2O3S2. The Kier molecular flexibility index (Phi) is 5.58. The average molecular weight is 311 g/mol. The molecule has 1 rings (SSSR count). The van der Waals surface area contributed by atoms with Crippen molar-refractivity contribution in [3.8, 4) is 0 Å². The lowest BCUT2D eigenvalue weighted by molar-refractivity contribution is 0.581. The summed E-state index contributed by atoms with van der Waals surface area (Å²) >= 11 is 5.70. The molecule has 0 saturated heterocycles. The monoisotopic (exact) mass is 310 g/mol. The van der Waals surface area contributed by atoms with Crippen LogP contribution in [-0.4, -0.2) is 31.2 Å². The molecule has 1 aromatic carbocycles.